The number of hydrogen-bond donors (Lipinski definition) is 1. The van der Waals surface area contributed by atoms with Crippen LogP contribution >= 0.6 is 0 Å². The first kappa shape index (κ1) is 14.0. The van der Waals surface area contributed by atoms with E-state index in [1.165, 1.54) is 30.5 Å². The lowest BCUT2D eigenvalue weighted by atomic mass is 10.1. The van der Waals surface area contributed by atoms with Crippen LogP contribution < -0.4 is 5.32 Å². The van der Waals surface area contributed by atoms with Crippen molar-refractivity contribution in [1.29, 1.82) is 0 Å². The van der Waals surface area contributed by atoms with Gasteiger partial charge < -0.3 is 9.88 Å². The summed E-state index contributed by atoms with van der Waals surface area (Å²) in [5.41, 5.74) is 2.60. The summed E-state index contributed by atoms with van der Waals surface area (Å²) in [4.78, 5) is 13.0. The average Bonchev–Trinajstić information content (AvgIpc) is 2.90. The summed E-state index contributed by atoms with van der Waals surface area (Å²) in [6.07, 6.45) is 15.8. The first-order chi connectivity index (χ1) is 10.4. The summed E-state index contributed by atoms with van der Waals surface area (Å²) < 4.78 is 2.12. The van der Waals surface area contributed by atoms with Crippen molar-refractivity contribution >= 4 is 5.82 Å². The van der Waals surface area contributed by atoms with Gasteiger partial charge in [-0.15, -0.1) is 0 Å². The molecule has 0 fully saturated rings. The van der Waals surface area contributed by atoms with Gasteiger partial charge in [0.15, 0.2) is 0 Å². The lowest BCUT2D eigenvalue weighted by Gasteiger charge is -2.12. The van der Waals surface area contributed by atoms with Gasteiger partial charge in [-0.1, -0.05) is 6.42 Å². The van der Waals surface area contributed by atoms with Crippen LogP contribution in [0.5, 0.6) is 0 Å². The second-order valence-corrected chi connectivity index (χ2v) is 5.64. The lowest BCUT2D eigenvalue weighted by molar-refractivity contribution is 0.620. The fourth-order valence-corrected chi connectivity index (χ4v) is 2.90. The minimum Gasteiger partial charge on any atom is -0.370 e. The molecule has 2 aromatic rings. The molecule has 0 aliphatic heterocycles. The molecule has 1 aliphatic rings. The van der Waals surface area contributed by atoms with Crippen LogP contribution in [0, 0.1) is 0 Å². The van der Waals surface area contributed by atoms with E-state index >= 15 is 0 Å². The number of imidazole rings is 1. The number of nitrogens with zero attached hydrogens (tertiary/aromatic N) is 4. The number of hydrogen-bond acceptors (Lipinski definition) is 4. The van der Waals surface area contributed by atoms with Crippen LogP contribution in [0.15, 0.2) is 25.0 Å². The molecule has 21 heavy (non-hydrogen) atoms. The van der Waals surface area contributed by atoms with Crippen molar-refractivity contribution in [3.05, 3.63) is 36.3 Å². The van der Waals surface area contributed by atoms with Crippen molar-refractivity contribution in [2.45, 2.75) is 51.5 Å². The molecule has 0 saturated heterocycles. The Morgan fingerprint density at radius 3 is 2.95 bits per heavy atom. The maximum atomic E-state index is 4.46. The number of anilines is 1. The molecule has 0 saturated carbocycles. The van der Waals surface area contributed by atoms with Gasteiger partial charge in [-0.05, 0) is 38.5 Å². The van der Waals surface area contributed by atoms with E-state index in [-0.39, 0.29) is 0 Å². The number of aryl methyl sites for hydroxylation is 2. The molecule has 0 unspecified atom stereocenters. The molecule has 0 spiro atoms. The molecule has 5 heteroatoms. The number of unbranched alkanes of at least 4 members (excludes halogenated alkanes) is 1. The molecule has 1 N–H and O–H groups in total. The molecule has 2 aromatic heterocycles. The highest BCUT2D eigenvalue weighted by atomic mass is 15.0. The highest BCUT2D eigenvalue weighted by molar-refractivity contribution is 5.46. The SMILES string of the molecule is c1cn(CCCCNc2ncnc3c2CCCCC3)cn1. The molecule has 1 aliphatic carbocycles. The minimum atomic E-state index is 0.970. The van der Waals surface area contributed by atoms with Crippen molar-refractivity contribution in [2.75, 3.05) is 11.9 Å². The van der Waals surface area contributed by atoms with Gasteiger partial charge >= 0.3 is 0 Å². The molecule has 0 bridgehead atoms. The Morgan fingerprint density at radius 1 is 1.10 bits per heavy atom. The number of nitrogens with one attached hydrogen (secondary N) is 1. The minimum absolute atomic E-state index is 0.970. The number of aromatic nitrogens is 4. The van der Waals surface area contributed by atoms with E-state index in [2.05, 4.69) is 24.8 Å². The van der Waals surface area contributed by atoms with Crippen molar-refractivity contribution in [3.63, 3.8) is 0 Å². The third kappa shape index (κ3) is 3.80. The van der Waals surface area contributed by atoms with Crippen LogP contribution in [0.25, 0.3) is 0 Å². The molecular weight excluding hydrogens is 262 g/mol. The first-order valence-corrected chi connectivity index (χ1v) is 7.96. The molecule has 0 atom stereocenters. The van der Waals surface area contributed by atoms with Gasteiger partial charge in [0, 0.05) is 36.7 Å². The Morgan fingerprint density at radius 2 is 2.05 bits per heavy atom. The monoisotopic (exact) mass is 285 g/mol. The maximum Gasteiger partial charge on any atom is 0.132 e. The zero-order chi connectivity index (χ0) is 14.3. The van der Waals surface area contributed by atoms with Crippen LogP contribution in [-0.4, -0.2) is 26.1 Å². The van der Waals surface area contributed by atoms with Gasteiger partial charge in [0.05, 0.1) is 6.33 Å². The topological polar surface area (TPSA) is 55.6 Å². The Balaban J connectivity index is 1.49. The van der Waals surface area contributed by atoms with Crippen LogP contribution in [0.3, 0.4) is 0 Å². The van der Waals surface area contributed by atoms with Gasteiger partial charge in [-0.3, -0.25) is 0 Å². The second-order valence-electron chi connectivity index (χ2n) is 5.64. The van der Waals surface area contributed by atoms with Crippen LogP contribution in [0.1, 0.15) is 43.4 Å². The van der Waals surface area contributed by atoms with E-state index in [4.69, 9.17) is 0 Å². The Kier molecular flexibility index (Phi) is 4.82. The van der Waals surface area contributed by atoms with Gasteiger partial charge in [0.2, 0.25) is 0 Å². The Labute approximate surface area is 125 Å². The van der Waals surface area contributed by atoms with E-state index in [9.17, 15) is 0 Å². The predicted molar refractivity (Wildman–Crippen MR) is 83.2 cm³/mol. The third-order valence-corrected chi connectivity index (χ3v) is 4.07. The largest absolute Gasteiger partial charge is 0.370 e. The highest BCUT2D eigenvalue weighted by Crippen LogP contribution is 2.23. The third-order valence-electron chi connectivity index (χ3n) is 4.07. The zero-order valence-electron chi connectivity index (χ0n) is 12.5. The van der Waals surface area contributed by atoms with Crippen molar-refractivity contribution in [3.8, 4) is 0 Å². The zero-order valence-corrected chi connectivity index (χ0v) is 12.5. The second kappa shape index (κ2) is 7.20. The van der Waals surface area contributed by atoms with Gasteiger partial charge in [0.1, 0.15) is 12.1 Å². The Bertz CT molecular complexity index is 550. The number of fused-ring (bicyclic) bond motifs is 1. The summed E-state index contributed by atoms with van der Waals surface area (Å²) in [5.74, 6) is 1.06. The van der Waals surface area contributed by atoms with Crippen molar-refractivity contribution in [1.82, 2.24) is 19.5 Å². The molecule has 5 nitrogen and oxygen atoms in total. The van der Waals surface area contributed by atoms with Gasteiger partial charge in [0.25, 0.3) is 0 Å². The normalized spacial score (nSPS) is 14.5. The van der Waals surface area contributed by atoms with Gasteiger partial charge in [-0.2, -0.15) is 0 Å². The van der Waals surface area contributed by atoms with Crippen LogP contribution in [0.2, 0.25) is 0 Å². The summed E-state index contributed by atoms with van der Waals surface area (Å²) in [6.45, 7) is 2.00. The van der Waals surface area contributed by atoms with E-state index in [0.29, 0.717) is 0 Å². The average molecular weight is 285 g/mol. The standard InChI is InChI=1S/C16H23N5/c1-2-6-14-15(7-3-1)19-12-20-16(14)18-8-4-5-10-21-11-9-17-13-21/h9,11-13H,1-8,10H2,(H,18,19,20). The molecule has 0 amide bonds. The fourth-order valence-electron chi connectivity index (χ4n) is 2.90. The lowest BCUT2D eigenvalue weighted by Crippen LogP contribution is -2.09. The first-order valence-electron chi connectivity index (χ1n) is 7.96. The summed E-state index contributed by atoms with van der Waals surface area (Å²) in [6, 6.07) is 0. The van der Waals surface area contributed by atoms with E-state index in [1.54, 1.807) is 6.33 Å². The van der Waals surface area contributed by atoms with Crippen molar-refractivity contribution in [2.24, 2.45) is 0 Å². The summed E-state index contributed by atoms with van der Waals surface area (Å²) >= 11 is 0. The molecule has 0 radical (unpaired) electrons. The molecular formula is C16H23N5. The van der Waals surface area contributed by atoms with Crippen molar-refractivity contribution < 1.29 is 0 Å². The highest BCUT2D eigenvalue weighted by Gasteiger charge is 2.13. The predicted octanol–water partition coefficient (Wildman–Crippen LogP) is 2.83. The van der Waals surface area contributed by atoms with Gasteiger partial charge in [-0.25, -0.2) is 15.0 Å². The molecule has 3 rings (SSSR count). The van der Waals surface area contributed by atoms with E-state index in [1.807, 2.05) is 18.7 Å². The smallest absolute Gasteiger partial charge is 0.132 e. The molecule has 112 valence electrons. The van der Waals surface area contributed by atoms with Crippen LogP contribution in [0.4, 0.5) is 5.82 Å². The Hall–Kier alpha value is -1.91. The maximum absolute atomic E-state index is 4.46. The quantitative estimate of drug-likeness (QED) is 0.655. The number of rotatable bonds is 6. The summed E-state index contributed by atoms with van der Waals surface area (Å²) in [7, 11) is 0. The fraction of sp³-hybridized carbons (Fsp3) is 0.562. The molecule has 2 heterocycles. The van der Waals surface area contributed by atoms with E-state index in [0.717, 1.165) is 44.6 Å². The van der Waals surface area contributed by atoms with E-state index < -0.39 is 0 Å². The summed E-state index contributed by atoms with van der Waals surface area (Å²) in [5, 5.41) is 3.50. The molecule has 0 aromatic carbocycles. The van der Waals surface area contributed by atoms with Crippen LogP contribution in [-0.2, 0) is 19.4 Å².